The van der Waals surface area contributed by atoms with E-state index in [1.165, 1.54) is 24.3 Å². The van der Waals surface area contributed by atoms with Crippen molar-refractivity contribution in [2.24, 2.45) is 0 Å². The van der Waals surface area contributed by atoms with Crippen molar-refractivity contribution in [3.63, 3.8) is 0 Å². The molecule has 168 valence electrons. The van der Waals surface area contributed by atoms with Crippen molar-refractivity contribution >= 4 is 27.5 Å². The Bertz CT molecular complexity index is 959. The molecule has 2 aromatic carbocycles. The average molecular weight is 466 g/mol. The molecule has 0 aliphatic carbocycles. The van der Waals surface area contributed by atoms with Crippen molar-refractivity contribution in [1.82, 2.24) is 14.9 Å². The highest BCUT2D eigenvalue weighted by Gasteiger charge is 2.24. The predicted molar refractivity (Wildman–Crippen MR) is 121 cm³/mol. The first-order valence-corrected chi connectivity index (χ1v) is 12.1. The minimum absolute atomic E-state index is 0.0215. The SMILES string of the molecule is COc1ccc(C(CNC(=O)CCNS(=O)(=O)c2ccc(Cl)cc2)N2CCCC2)cc1. The van der Waals surface area contributed by atoms with Crippen molar-refractivity contribution in [3.8, 4) is 5.75 Å². The van der Waals surface area contributed by atoms with E-state index in [4.69, 9.17) is 16.3 Å². The lowest BCUT2D eigenvalue weighted by molar-refractivity contribution is -0.121. The molecule has 1 saturated heterocycles. The molecule has 9 heteroatoms. The minimum Gasteiger partial charge on any atom is -0.497 e. The first-order valence-electron chi connectivity index (χ1n) is 10.3. The summed E-state index contributed by atoms with van der Waals surface area (Å²) in [6.45, 7) is 2.48. The van der Waals surface area contributed by atoms with Gasteiger partial charge in [-0.2, -0.15) is 0 Å². The third-order valence-corrected chi connectivity index (χ3v) is 7.07. The summed E-state index contributed by atoms with van der Waals surface area (Å²) in [7, 11) is -2.04. The standard InChI is InChI=1S/C22H28ClN3O4S/c1-30-19-8-4-17(5-9-19)21(26-14-2-3-15-26)16-24-22(27)12-13-25-31(28,29)20-10-6-18(23)7-11-20/h4-11,21,25H,2-3,12-16H2,1H3,(H,24,27). The fraction of sp³-hybridized carbons (Fsp3) is 0.409. The topological polar surface area (TPSA) is 87.7 Å². The van der Waals surface area contributed by atoms with Gasteiger partial charge >= 0.3 is 0 Å². The Morgan fingerprint density at radius 1 is 1.10 bits per heavy atom. The van der Waals surface area contributed by atoms with E-state index < -0.39 is 10.0 Å². The highest BCUT2D eigenvalue weighted by atomic mass is 35.5. The number of carbonyl (C=O) groups is 1. The normalized spacial score (nSPS) is 15.5. The molecule has 1 heterocycles. The third kappa shape index (κ3) is 6.67. The van der Waals surface area contributed by atoms with Gasteiger partial charge in [-0.05, 0) is 67.9 Å². The number of carbonyl (C=O) groups excluding carboxylic acids is 1. The van der Waals surface area contributed by atoms with E-state index in [2.05, 4.69) is 14.9 Å². The Kier molecular flexibility index (Phi) is 8.31. The number of nitrogens with one attached hydrogen (secondary N) is 2. The Morgan fingerprint density at radius 2 is 1.74 bits per heavy atom. The first-order chi connectivity index (χ1) is 14.9. The van der Waals surface area contributed by atoms with E-state index >= 15 is 0 Å². The number of likely N-dealkylation sites (tertiary alicyclic amines) is 1. The zero-order chi connectivity index (χ0) is 22.3. The van der Waals surface area contributed by atoms with Crippen LogP contribution in [0.1, 0.15) is 30.9 Å². The van der Waals surface area contributed by atoms with Gasteiger partial charge in [0.1, 0.15) is 5.75 Å². The van der Waals surface area contributed by atoms with Crippen LogP contribution in [0.2, 0.25) is 5.02 Å². The smallest absolute Gasteiger partial charge is 0.240 e. The zero-order valence-electron chi connectivity index (χ0n) is 17.5. The maximum atomic E-state index is 12.4. The van der Waals surface area contributed by atoms with E-state index in [9.17, 15) is 13.2 Å². The highest BCUT2D eigenvalue weighted by Crippen LogP contribution is 2.26. The van der Waals surface area contributed by atoms with Gasteiger partial charge in [0.2, 0.25) is 15.9 Å². The van der Waals surface area contributed by atoms with Crippen molar-refractivity contribution < 1.29 is 17.9 Å². The molecule has 0 aromatic heterocycles. The molecule has 2 aromatic rings. The van der Waals surface area contributed by atoms with Crippen LogP contribution in [0.3, 0.4) is 0 Å². The van der Waals surface area contributed by atoms with Crippen LogP contribution in [0.5, 0.6) is 5.75 Å². The van der Waals surface area contributed by atoms with Crippen LogP contribution < -0.4 is 14.8 Å². The number of nitrogens with zero attached hydrogens (tertiary/aromatic N) is 1. The summed E-state index contributed by atoms with van der Waals surface area (Å²) in [5, 5.41) is 3.42. The number of hydrogen-bond donors (Lipinski definition) is 2. The third-order valence-electron chi connectivity index (χ3n) is 5.34. The summed E-state index contributed by atoms with van der Waals surface area (Å²) in [6, 6.07) is 13.9. The molecule has 0 bridgehead atoms. The largest absolute Gasteiger partial charge is 0.497 e. The molecule has 1 aliphatic heterocycles. The molecule has 1 fully saturated rings. The first kappa shape index (κ1) is 23.5. The predicted octanol–water partition coefficient (Wildman–Crippen LogP) is 2.97. The summed E-state index contributed by atoms with van der Waals surface area (Å²) in [4.78, 5) is 14.8. The van der Waals surface area contributed by atoms with E-state index in [1.54, 1.807) is 7.11 Å². The number of sulfonamides is 1. The summed E-state index contributed by atoms with van der Waals surface area (Å²) in [5.74, 6) is 0.595. The van der Waals surface area contributed by atoms with Gasteiger partial charge in [0.25, 0.3) is 0 Å². The molecule has 1 aliphatic rings. The van der Waals surface area contributed by atoms with Crippen LogP contribution in [-0.2, 0) is 14.8 Å². The molecule has 7 nitrogen and oxygen atoms in total. The second-order valence-electron chi connectivity index (χ2n) is 7.44. The average Bonchev–Trinajstić information content (AvgIpc) is 3.29. The number of rotatable bonds is 10. The second-order valence-corrected chi connectivity index (χ2v) is 9.64. The zero-order valence-corrected chi connectivity index (χ0v) is 19.1. The molecule has 31 heavy (non-hydrogen) atoms. The van der Waals surface area contributed by atoms with Crippen molar-refractivity contribution in [2.45, 2.75) is 30.2 Å². The second kappa shape index (κ2) is 10.9. The fourth-order valence-corrected chi connectivity index (χ4v) is 4.79. The van der Waals surface area contributed by atoms with Gasteiger partial charge < -0.3 is 10.1 Å². The molecule has 0 saturated carbocycles. The molecular formula is C22H28ClN3O4S. The number of ether oxygens (including phenoxy) is 1. The van der Waals surface area contributed by atoms with Crippen LogP contribution in [0, 0.1) is 0 Å². The van der Waals surface area contributed by atoms with Gasteiger partial charge in [-0.3, -0.25) is 9.69 Å². The highest BCUT2D eigenvalue weighted by molar-refractivity contribution is 7.89. The van der Waals surface area contributed by atoms with Gasteiger partial charge in [0.05, 0.1) is 18.0 Å². The molecule has 2 N–H and O–H groups in total. The summed E-state index contributed by atoms with van der Waals surface area (Å²) < 4.78 is 32.3. The molecular weight excluding hydrogens is 438 g/mol. The van der Waals surface area contributed by atoms with E-state index in [0.29, 0.717) is 11.6 Å². The Morgan fingerprint density at radius 3 is 2.35 bits per heavy atom. The number of amides is 1. The fourth-order valence-electron chi connectivity index (χ4n) is 3.63. The minimum atomic E-state index is -3.68. The van der Waals surface area contributed by atoms with E-state index in [1.807, 2.05) is 24.3 Å². The maximum Gasteiger partial charge on any atom is 0.240 e. The molecule has 1 atom stereocenters. The van der Waals surface area contributed by atoms with Gasteiger partial charge in [-0.25, -0.2) is 13.1 Å². The van der Waals surface area contributed by atoms with Crippen LogP contribution in [0.4, 0.5) is 0 Å². The van der Waals surface area contributed by atoms with Crippen LogP contribution in [-0.4, -0.2) is 52.5 Å². The van der Waals surface area contributed by atoms with Crippen molar-refractivity contribution in [2.75, 3.05) is 33.3 Å². The molecule has 0 spiro atoms. The Balaban J connectivity index is 1.52. The lowest BCUT2D eigenvalue weighted by atomic mass is 10.1. The summed E-state index contributed by atoms with van der Waals surface area (Å²) >= 11 is 5.80. The monoisotopic (exact) mass is 465 g/mol. The van der Waals surface area contributed by atoms with Gasteiger partial charge in [-0.15, -0.1) is 0 Å². The number of benzene rings is 2. The summed E-state index contributed by atoms with van der Waals surface area (Å²) in [5.41, 5.74) is 1.12. The van der Waals surface area contributed by atoms with Gasteiger partial charge in [-0.1, -0.05) is 23.7 Å². The van der Waals surface area contributed by atoms with Crippen molar-refractivity contribution in [1.29, 1.82) is 0 Å². The number of hydrogen-bond acceptors (Lipinski definition) is 5. The number of methoxy groups -OCH3 is 1. The molecule has 0 radical (unpaired) electrons. The Hall–Kier alpha value is -2.13. The van der Waals surface area contributed by atoms with Crippen molar-refractivity contribution in [3.05, 3.63) is 59.1 Å². The lowest BCUT2D eigenvalue weighted by Crippen LogP contribution is -2.38. The van der Waals surface area contributed by atoms with Gasteiger partial charge in [0.15, 0.2) is 0 Å². The van der Waals surface area contributed by atoms with Crippen LogP contribution in [0.15, 0.2) is 53.4 Å². The molecule has 3 rings (SSSR count). The van der Waals surface area contributed by atoms with Crippen LogP contribution in [0.25, 0.3) is 0 Å². The Labute approximate surface area is 188 Å². The molecule has 1 unspecified atom stereocenters. The maximum absolute atomic E-state index is 12.4. The van der Waals surface area contributed by atoms with Gasteiger partial charge in [0, 0.05) is 24.5 Å². The lowest BCUT2D eigenvalue weighted by Gasteiger charge is -2.28. The summed E-state index contributed by atoms with van der Waals surface area (Å²) in [6.07, 6.45) is 2.35. The quantitative estimate of drug-likeness (QED) is 0.563. The number of halogens is 1. The van der Waals surface area contributed by atoms with E-state index in [-0.39, 0.29) is 29.8 Å². The van der Waals surface area contributed by atoms with E-state index in [0.717, 1.165) is 37.2 Å². The van der Waals surface area contributed by atoms with Crippen LogP contribution >= 0.6 is 11.6 Å². The molecule has 1 amide bonds.